The van der Waals surface area contributed by atoms with E-state index < -0.39 is 5.97 Å². The van der Waals surface area contributed by atoms with E-state index in [1.807, 2.05) is 25.1 Å². The normalized spacial score (nSPS) is 16.3. The van der Waals surface area contributed by atoms with Gasteiger partial charge in [0, 0.05) is 35.1 Å². The Morgan fingerprint density at radius 2 is 2.12 bits per heavy atom. The predicted molar refractivity (Wildman–Crippen MR) is 126 cm³/mol. The Bertz CT molecular complexity index is 1360. The molecule has 4 heterocycles. The maximum atomic E-state index is 11.3. The van der Waals surface area contributed by atoms with Crippen LogP contribution in [0.2, 0.25) is 5.02 Å². The van der Waals surface area contributed by atoms with Gasteiger partial charge in [-0.3, -0.25) is 0 Å². The smallest absolute Gasteiger partial charge is 0.354 e. The monoisotopic (exact) mass is 468 g/mol. The zero-order valence-corrected chi connectivity index (χ0v) is 18.9. The van der Waals surface area contributed by atoms with Gasteiger partial charge in [0.1, 0.15) is 17.2 Å². The van der Waals surface area contributed by atoms with E-state index in [0.717, 1.165) is 53.1 Å². The second-order valence-corrected chi connectivity index (χ2v) is 9.20. The van der Waals surface area contributed by atoms with Crippen molar-refractivity contribution < 1.29 is 9.90 Å². The number of nitrogens with two attached hydrogens (primary N) is 1. The third-order valence-corrected chi connectivity index (χ3v) is 6.86. The van der Waals surface area contributed by atoms with Crippen molar-refractivity contribution >= 4 is 57.1 Å². The van der Waals surface area contributed by atoms with Crippen LogP contribution in [0.25, 0.3) is 21.9 Å². The summed E-state index contributed by atoms with van der Waals surface area (Å²) in [4.78, 5) is 31.4. The van der Waals surface area contributed by atoms with Crippen LogP contribution in [0.15, 0.2) is 40.4 Å². The van der Waals surface area contributed by atoms with E-state index in [9.17, 15) is 9.90 Å². The van der Waals surface area contributed by atoms with Gasteiger partial charge in [0.2, 0.25) is 0 Å². The molecule has 0 aliphatic carbocycles. The number of pyridine rings is 1. The zero-order valence-electron chi connectivity index (χ0n) is 17.3. The quantitative estimate of drug-likeness (QED) is 0.374. The van der Waals surface area contributed by atoms with Crippen molar-refractivity contribution in [3.63, 3.8) is 0 Å². The molecule has 8 nitrogen and oxygen atoms in total. The molecular formula is C22H21ClN6O2S. The van der Waals surface area contributed by atoms with Gasteiger partial charge >= 0.3 is 5.97 Å². The van der Waals surface area contributed by atoms with Crippen molar-refractivity contribution in [2.24, 2.45) is 5.73 Å². The number of aromatic amines is 1. The Balaban J connectivity index is 1.57. The number of nitrogens with zero attached hydrogens (tertiary/aromatic N) is 4. The second-order valence-electron chi connectivity index (χ2n) is 7.78. The van der Waals surface area contributed by atoms with Crippen molar-refractivity contribution in [1.82, 2.24) is 19.9 Å². The summed E-state index contributed by atoms with van der Waals surface area (Å²) < 4.78 is 0. The molecule has 1 fully saturated rings. The zero-order chi connectivity index (χ0) is 22.4. The van der Waals surface area contributed by atoms with Crippen molar-refractivity contribution in [3.8, 4) is 0 Å². The molecule has 0 amide bonds. The lowest BCUT2D eigenvalue weighted by molar-refractivity contribution is 0.0691. The predicted octanol–water partition coefficient (Wildman–Crippen LogP) is 4.11. The maximum absolute atomic E-state index is 11.3. The number of benzene rings is 1. The molecule has 1 aliphatic heterocycles. The number of carboxylic acids is 1. The lowest BCUT2D eigenvalue weighted by Crippen LogP contribution is -2.27. The number of fused-ring (bicyclic) bond motifs is 2. The summed E-state index contributed by atoms with van der Waals surface area (Å²) in [5.41, 5.74) is 8.40. The fraction of sp³-hybridized carbons (Fsp3) is 0.273. The van der Waals surface area contributed by atoms with Gasteiger partial charge in [-0.25, -0.2) is 19.7 Å². The van der Waals surface area contributed by atoms with Crippen molar-refractivity contribution in [3.05, 3.63) is 46.7 Å². The number of carbonyl (C=O) groups is 1. The summed E-state index contributed by atoms with van der Waals surface area (Å²) in [7, 11) is 0. The van der Waals surface area contributed by atoms with Crippen LogP contribution >= 0.6 is 23.4 Å². The van der Waals surface area contributed by atoms with Gasteiger partial charge in [0.05, 0.1) is 15.9 Å². The van der Waals surface area contributed by atoms with Gasteiger partial charge in [0.15, 0.2) is 5.16 Å². The molecule has 0 spiro atoms. The van der Waals surface area contributed by atoms with Gasteiger partial charge in [0.25, 0.3) is 0 Å². The van der Waals surface area contributed by atoms with Crippen LogP contribution in [0.5, 0.6) is 0 Å². The number of aromatic nitrogens is 4. The minimum absolute atomic E-state index is 0.0121. The molecule has 5 rings (SSSR count). The average Bonchev–Trinajstić information content (AvgIpc) is 3.35. The summed E-state index contributed by atoms with van der Waals surface area (Å²) in [5, 5.41) is 12.2. The van der Waals surface area contributed by atoms with Crippen LogP contribution in [-0.4, -0.2) is 50.1 Å². The number of H-pyrrole nitrogens is 1. The number of hydrogen-bond donors (Lipinski definition) is 3. The molecule has 3 aromatic heterocycles. The van der Waals surface area contributed by atoms with E-state index in [0.29, 0.717) is 21.3 Å². The van der Waals surface area contributed by atoms with Crippen LogP contribution < -0.4 is 10.6 Å². The molecule has 0 bridgehead atoms. The molecule has 1 saturated heterocycles. The fourth-order valence-electron chi connectivity index (χ4n) is 3.95. The van der Waals surface area contributed by atoms with Gasteiger partial charge in [-0.05, 0) is 42.8 Å². The number of hydrogen-bond acceptors (Lipinski definition) is 7. The van der Waals surface area contributed by atoms with Gasteiger partial charge in [-0.15, -0.1) is 0 Å². The van der Waals surface area contributed by atoms with Crippen LogP contribution in [0.3, 0.4) is 0 Å². The van der Waals surface area contributed by atoms with Gasteiger partial charge in [-0.2, -0.15) is 0 Å². The van der Waals surface area contributed by atoms with Gasteiger partial charge in [-0.1, -0.05) is 30.7 Å². The summed E-state index contributed by atoms with van der Waals surface area (Å²) in [6.07, 6.45) is 1.66. The highest BCUT2D eigenvalue weighted by atomic mass is 35.5. The Kier molecular flexibility index (Phi) is 5.40. The minimum Gasteiger partial charge on any atom is -0.477 e. The summed E-state index contributed by atoms with van der Waals surface area (Å²) in [6, 6.07) is 9.08. The fourth-order valence-corrected chi connectivity index (χ4v) is 5.09. The summed E-state index contributed by atoms with van der Waals surface area (Å²) in [5.74, 6) is -0.263. The van der Waals surface area contributed by atoms with Crippen molar-refractivity contribution in [2.75, 3.05) is 18.0 Å². The highest BCUT2D eigenvalue weighted by Gasteiger charge is 2.26. The molecule has 0 radical (unpaired) electrons. The molecule has 1 aliphatic rings. The van der Waals surface area contributed by atoms with Crippen molar-refractivity contribution in [2.45, 2.75) is 35.9 Å². The SMILES string of the molecule is CCc1[nH]c2nc(Sc3ccc4ccc(C(=O)O)nc4c3)nc(N3CC[C@@H](N)C3)c2c1Cl. The molecule has 164 valence electrons. The first kappa shape index (κ1) is 21.0. The average molecular weight is 469 g/mol. The molecule has 1 aromatic carbocycles. The number of aryl methyl sites for hydroxylation is 1. The lowest BCUT2D eigenvalue weighted by atomic mass is 10.2. The molecular weight excluding hydrogens is 448 g/mol. The number of anilines is 1. The van der Waals surface area contributed by atoms with E-state index >= 15 is 0 Å². The first-order valence-corrected chi connectivity index (χ1v) is 11.5. The Morgan fingerprint density at radius 3 is 2.84 bits per heavy atom. The molecule has 4 N–H and O–H groups in total. The van der Waals surface area contributed by atoms with E-state index in [-0.39, 0.29) is 11.7 Å². The first-order valence-electron chi connectivity index (χ1n) is 10.3. The highest BCUT2D eigenvalue weighted by Crippen LogP contribution is 2.37. The van der Waals surface area contributed by atoms with E-state index in [1.165, 1.54) is 17.8 Å². The van der Waals surface area contributed by atoms with Crippen LogP contribution in [0.4, 0.5) is 5.82 Å². The van der Waals surface area contributed by atoms with Crippen LogP contribution in [0.1, 0.15) is 29.5 Å². The Hall–Kier alpha value is -2.88. The largest absolute Gasteiger partial charge is 0.477 e. The number of rotatable bonds is 5. The summed E-state index contributed by atoms with van der Waals surface area (Å²) in [6.45, 7) is 3.58. The molecule has 1 atom stereocenters. The number of aromatic carboxylic acids is 1. The summed E-state index contributed by atoms with van der Waals surface area (Å²) >= 11 is 8.06. The molecule has 0 unspecified atom stereocenters. The number of halogens is 1. The van der Waals surface area contributed by atoms with Crippen LogP contribution in [-0.2, 0) is 6.42 Å². The minimum atomic E-state index is -1.05. The van der Waals surface area contributed by atoms with E-state index in [2.05, 4.69) is 14.9 Å². The maximum Gasteiger partial charge on any atom is 0.354 e. The Labute approximate surface area is 193 Å². The van der Waals surface area contributed by atoms with E-state index in [4.69, 9.17) is 27.3 Å². The third kappa shape index (κ3) is 3.76. The molecule has 32 heavy (non-hydrogen) atoms. The third-order valence-electron chi connectivity index (χ3n) is 5.59. The van der Waals surface area contributed by atoms with E-state index in [1.54, 1.807) is 6.07 Å². The second kappa shape index (κ2) is 8.23. The standard InChI is InChI=1S/C22H21ClN6O2S/c1-2-14-18(23)17-19(26-14)27-22(28-20(17)29-8-7-12(24)10-29)32-13-5-3-11-4-6-15(21(30)31)25-16(11)9-13/h3-6,9,12H,2,7-8,10,24H2,1H3,(H,30,31)(H,26,27,28)/t12-/m1/s1. The number of carboxylic acid groups (broad SMARTS) is 1. The van der Waals surface area contributed by atoms with Gasteiger partial charge < -0.3 is 20.7 Å². The van der Waals surface area contributed by atoms with Crippen molar-refractivity contribution in [1.29, 1.82) is 0 Å². The number of nitrogens with one attached hydrogen (secondary N) is 1. The molecule has 10 heteroatoms. The molecule has 4 aromatic rings. The highest BCUT2D eigenvalue weighted by molar-refractivity contribution is 7.99. The lowest BCUT2D eigenvalue weighted by Gasteiger charge is -2.18. The Morgan fingerprint density at radius 1 is 1.31 bits per heavy atom. The topological polar surface area (TPSA) is 121 Å². The van der Waals surface area contributed by atoms with Crippen LogP contribution in [0, 0.1) is 0 Å². The first-order chi connectivity index (χ1) is 15.4. The molecule has 0 saturated carbocycles.